The minimum Gasteiger partial charge on any atom is -0.348 e. The smallest absolute Gasteiger partial charge is 0.251 e. The second-order valence-corrected chi connectivity index (χ2v) is 6.22. The molecule has 4 heteroatoms. The van der Waals surface area contributed by atoms with E-state index >= 15 is 0 Å². The average molecular weight is 291 g/mol. The second kappa shape index (κ2) is 5.11. The Morgan fingerprint density at radius 3 is 2.91 bits per heavy atom. The summed E-state index contributed by atoms with van der Waals surface area (Å²) in [7, 11) is 0. The molecule has 3 atom stereocenters. The van der Waals surface area contributed by atoms with E-state index < -0.39 is 0 Å². The molecule has 22 heavy (non-hydrogen) atoms. The topological polar surface area (TPSA) is 64.9 Å². The van der Waals surface area contributed by atoms with Crippen LogP contribution in [0, 0.1) is 11.3 Å². The normalized spacial score (nSPS) is 26.0. The van der Waals surface area contributed by atoms with Crippen LogP contribution >= 0.6 is 0 Å². The van der Waals surface area contributed by atoms with Crippen LogP contribution in [0.3, 0.4) is 0 Å². The summed E-state index contributed by atoms with van der Waals surface area (Å²) >= 11 is 0. The molecule has 2 saturated heterocycles. The molecule has 4 rings (SSSR count). The third-order valence-electron chi connectivity index (χ3n) is 4.88. The van der Waals surface area contributed by atoms with E-state index in [4.69, 9.17) is 5.26 Å². The fourth-order valence-corrected chi connectivity index (χ4v) is 3.76. The van der Waals surface area contributed by atoms with Crippen LogP contribution in [0.25, 0.3) is 10.8 Å². The number of carbonyl (C=O) groups is 1. The zero-order valence-corrected chi connectivity index (χ0v) is 12.2. The maximum Gasteiger partial charge on any atom is 0.251 e. The molecule has 0 aromatic heterocycles. The first-order valence-electron chi connectivity index (χ1n) is 7.74. The lowest BCUT2D eigenvalue weighted by molar-refractivity contribution is 0.0931. The Morgan fingerprint density at radius 1 is 1.27 bits per heavy atom. The van der Waals surface area contributed by atoms with Crippen LogP contribution in [0.15, 0.2) is 36.4 Å². The molecule has 0 radical (unpaired) electrons. The molecule has 2 heterocycles. The fourth-order valence-electron chi connectivity index (χ4n) is 3.76. The van der Waals surface area contributed by atoms with E-state index in [-0.39, 0.29) is 11.9 Å². The summed E-state index contributed by atoms with van der Waals surface area (Å²) in [5.41, 5.74) is 1.30. The van der Waals surface area contributed by atoms with Gasteiger partial charge in [-0.25, -0.2) is 0 Å². The highest BCUT2D eigenvalue weighted by Crippen LogP contribution is 2.28. The fraction of sp³-hybridized carbons (Fsp3) is 0.333. The number of nitriles is 1. The molecule has 2 N–H and O–H groups in total. The molecule has 0 unspecified atom stereocenters. The number of hydrogen-bond donors (Lipinski definition) is 2. The van der Waals surface area contributed by atoms with E-state index in [1.165, 1.54) is 6.42 Å². The molecule has 1 amide bonds. The van der Waals surface area contributed by atoms with E-state index in [0.717, 1.165) is 23.6 Å². The van der Waals surface area contributed by atoms with Gasteiger partial charge in [0.2, 0.25) is 0 Å². The first-order chi connectivity index (χ1) is 10.7. The Labute approximate surface area is 129 Å². The van der Waals surface area contributed by atoms with Gasteiger partial charge in [0.05, 0.1) is 11.6 Å². The summed E-state index contributed by atoms with van der Waals surface area (Å²) < 4.78 is 0. The van der Waals surface area contributed by atoms with Crippen molar-refractivity contribution in [3.05, 3.63) is 47.5 Å². The number of amides is 1. The van der Waals surface area contributed by atoms with Crippen molar-refractivity contribution in [3.63, 3.8) is 0 Å². The highest BCUT2D eigenvalue weighted by molar-refractivity contribution is 5.99. The summed E-state index contributed by atoms with van der Waals surface area (Å²) in [6.45, 7) is 0. The van der Waals surface area contributed by atoms with E-state index in [9.17, 15) is 4.79 Å². The highest BCUT2D eigenvalue weighted by atomic mass is 16.1. The van der Waals surface area contributed by atoms with Crippen molar-refractivity contribution in [1.82, 2.24) is 10.6 Å². The van der Waals surface area contributed by atoms with Gasteiger partial charge < -0.3 is 10.6 Å². The molecular weight excluding hydrogens is 274 g/mol. The lowest BCUT2D eigenvalue weighted by atomic mass is 9.95. The average Bonchev–Trinajstić information content (AvgIpc) is 3.16. The molecule has 2 aromatic rings. The van der Waals surface area contributed by atoms with E-state index in [1.807, 2.05) is 24.3 Å². The lowest BCUT2D eigenvalue weighted by Gasteiger charge is -2.21. The third kappa shape index (κ3) is 2.15. The largest absolute Gasteiger partial charge is 0.348 e. The zero-order chi connectivity index (χ0) is 15.1. The molecule has 0 spiro atoms. The van der Waals surface area contributed by atoms with E-state index in [1.54, 1.807) is 12.1 Å². The molecule has 2 bridgehead atoms. The molecule has 4 nitrogen and oxygen atoms in total. The molecular formula is C18H17N3O. The minimum atomic E-state index is -0.0244. The van der Waals surface area contributed by atoms with Crippen LogP contribution in [-0.2, 0) is 0 Å². The van der Waals surface area contributed by atoms with Gasteiger partial charge in [0.15, 0.2) is 0 Å². The van der Waals surface area contributed by atoms with E-state index in [0.29, 0.717) is 23.2 Å². The van der Waals surface area contributed by atoms with Crippen molar-refractivity contribution in [2.45, 2.75) is 37.4 Å². The minimum absolute atomic E-state index is 0.0244. The quantitative estimate of drug-likeness (QED) is 0.892. The first kappa shape index (κ1) is 13.3. The predicted molar refractivity (Wildman–Crippen MR) is 84.5 cm³/mol. The van der Waals surface area contributed by atoms with Crippen molar-refractivity contribution in [1.29, 1.82) is 5.26 Å². The predicted octanol–water partition coefficient (Wildman–Crippen LogP) is 2.33. The maximum absolute atomic E-state index is 12.5. The molecule has 2 fully saturated rings. The number of rotatable bonds is 2. The number of hydrogen-bond acceptors (Lipinski definition) is 3. The number of carbonyl (C=O) groups excluding carboxylic acids is 1. The zero-order valence-electron chi connectivity index (χ0n) is 12.2. The van der Waals surface area contributed by atoms with Gasteiger partial charge in [0.25, 0.3) is 5.91 Å². The Hall–Kier alpha value is -2.38. The van der Waals surface area contributed by atoms with Gasteiger partial charge in [-0.05, 0) is 48.2 Å². The van der Waals surface area contributed by atoms with Gasteiger partial charge in [0, 0.05) is 23.7 Å². The van der Waals surface area contributed by atoms with Crippen molar-refractivity contribution in [2.24, 2.45) is 0 Å². The molecule has 2 aliphatic heterocycles. The van der Waals surface area contributed by atoms with Crippen molar-refractivity contribution >= 4 is 16.7 Å². The highest BCUT2D eigenvalue weighted by Gasteiger charge is 2.39. The maximum atomic E-state index is 12.5. The number of nitrogens with one attached hydrogen (secondary N) is 2. The van der Waals surface area contributed by atoms with Crippen molar-refractivity contribution in [3.8, 4) is 6.07 Å². The third-order valence-corrected chi connectivity index (χ3v) is 4.88. The van der Waals surface area contributed by atoms with Crippen LogP contribution in [0.5, 0.6) is 0 Å². The number of nitrogens with zero attached hydrogens (tertiary/aromatic N) is 1. The van der Waals surface area contributed by atoms with Crippen LogP contribution in [0.1, 0.15) is 35.2 Å². The van der Waals surface area contributed by atoms with Gasteiger partial charge in [-0.2, -0.15) is 5.26 Å². The second-order valence-electron chi connectivity index (χ2n) is 6.22. The Balaban J connectivity index is 1.58. The van der Waals surface area contributed by atoms with Gasteiger partial charge in [-0.3, -0.25) is 4.79 Å². The summed E-state index contributed by atoms with van der Waals surface area (Å²) in [5, 5.41) is 17.6. The number of benzene rings is 2. The molecule has 110 valence electrons. The van der Waals surface area contributed by atoms with Gasteiger partial charge in [-0.15, -0.1) is 0 Å². The van der Waals surface area contributed by atoms with Gasteiger partial charge in [0.1, 0.15) is 0 Å². The van der Waals surface area contributed by atoms with Crippen LogP contribution in [0.4, 0.5) is 0 Å². The number of fused-ring (bicyclic) bond motifs is 3. The van der Waals surface area contributed by atoms with Crippen molar-refractivity contribution in [2.75, 3.05) is 0 Å². The lowest BCUT2D eigenvalue weighted by Crippen LogP contribution is -2.42. The van der Waals surface area contributed by atoms with Gasteiger partial charge >= 0.3 is 0 Å². The first-order valence-corrected chi connectivity index (χ1v) is 7.74. The van der Waals surface area contributed by atoms with Crippen LogP contribution in [-0.4, -0.2) is 24.0 Å². The van der Waals surface area contributed by atoms with E-state index in [2.05, 4.69) is 16.7 Å². The standard InChI is InChI=1S/C18H17N3O/c19-10-13-3-1-2-11-8-12(4-6-15(11)13)18(22)21-17-9-14-5-7-16(17)20-14/h1-4,6,8,14,16-17,20H,5,7,9H2,(H,21,22)/t14-,16+,17-/m1/s1. The van der Waals surface area contributed by atoms with Crippen LogP contribution < -0.4 is 10.6 Å². The van der Waals surface area contributed by atoms with Gasteiger partial charge in [-0.1, -0.05) is 18.2 Å². The molecule has 0 saturated carbocycles. The Kier molecular flexibility index (Phi) is 3.09. The van der Waals surface area contributed by atoms with Crippen LogP contribution in [0.2, 0.25) is 0 Å². The molecule has 2 aromatic carbocycles. The molecule has 0 aliphatic carbocycles. The summed E-state index contributed by atoms with van der Waals surface area (Å²) in [4.78, 5) is 12.5. The monoisotopic (exact) mass is 291 g/mol. The Bertz CT molecular complexity index is 793. The summed E-state index contributed by atoms with van der Waals surface area (Å²) in [6, 6.07) is 14.5. The summed E-state index contributed by atoms with van der Waals surface area (Å²) in [6.07, 6.45) is 3.41. The SMILES string of the molecule is N#Cc1cccc2cc(C(=O)N[C@@H]3C[C@H]4CC[C@@H]3N4)ccc12. The summed E-state index contributed by atoms with van der Waals surface area (Å²) in [5.74, 6) is -0.0244. The van der Waals surface area contributed by atoms with Crippen molar-refractivity contribution < 1.29 is 4.79 Å². The Morgan fingerprint density at radius 2 is 2.18 bits per heavy atom. The molecule has 2 aliphatic rings.